The average Bonchev–Trinajstić information content (AvgIpc) is 2.68. The van der Waals surface area contributed by atoms with E-state index in [1.54, 1.807) is 54.6 Å². The summed E-state index contributed by atoms with van der Waals surface area (Å²) in [7, 11) is 0. The summed E-state index contributed by atoms with van der Waals surface area (Å²) in [5.74, 6) is 2.12. The maximum absolute atomic E-state index is 12.5. The van der Waals surface area contributed by atoms with Crippen LogP contribution in [0.1, 0.15) is 15.9 Å². The number of para-hydroxylation sites is 1. The normalized spacial score (nSPS) is 10.1. The van der Waals surface area contributed by atoms with E-state index in [9.17, 15) is 4.79 Å². The predicted molar refractivity (Wildman–Crippen MR) is 98.5 cm³/mol. The highest BCUT2D eigenvalue weighted by Crippen LogP contribution is 2.22. The Morgan fingerprint density at radius 3 is 1.84 bits per heavy atom. The van der Waals surface area contributed by atoms with Crippen molar-refractivity contribution in [1.82, 2.24) is 0 Å². The van der Waals surface area contributed by atoms with Crippen LogP contribution in [0.15, 0.2) is 91.5 Å². The lowest BCUT2D eigenvalue weighted by Crippen LogP contribution is -2.01. The zero-order chi connectivity index (χ0) is 17.5. The minimum absolute atomic E-state index is 0.0402. The van der Waals surface area contributed by atoms with Gasteiger partial charge in [-0.25, -0.2) is 0 Å². The van der Waals surface area contributed by atoms with Gasteiger partial charge in [-0.05, 0) is 60.7 Å². The van der Waals surface area contributed by atoms with Gasteiger partial charge < -0.3 is 9.47 Å². The second-order valence-corrected chi connectivity index (χ2v) is 5.39. The SMILES string of the molecule is C=CCOc1ccc(C(=O)c2ccc(Oc3ccccc3)cc2)cc1. The van der Waals surface area contributed by atoms with Gasteiger partial charge in [0.05, 0.1) is 0 Å². The Bertz CT molecular complexity index is 835. The van der Waals surface area contributed by atoms with Crippen molar-refractivity contribution in [2.45, 2.75) is 0 Å². The Labute approximate surface area is 147 Å². The van der Waals surface area contributed by atoms with Crippen molar-refractivity contribution in [1.29, 1.82) is 0 Å². The number of hydrogen-bond acceptors (Lipinski definition) is 3. The molecule has 3 rings (SSSR count). The van der Waals surface area contributed by atoms with Crippen LogP contribution in [0.3, 0.4) is 0 Å². The van der Waals surface area contributed by atoms with Crippen LogP contribution in [-0.2, 0) is 0 Å². The molecule has 0 radical (unpaired) electrons. The molecule has 0 saturated carbocycles. The summed E-state index contributed by atoms with van der Waals surface area (Å²) in [5, 5.41) is 0. The highest BCUT2D eigenvalue weighted by molar-refractivity contribution is 6.09. The monoisotopic (exact) mass is 330 g/mol. The zero-order valence-corrected chi connectivity index (χ0v) is 13.7. The van der Waals surface area contributed by atoms with Gasteiger partial charge in [0, 0.05) is 11.1 Å². The minimum atomic E-state index is -0.0402. The van der Waals surface area contributed by atoms with E-state index in [-0.39, 0.29) is 5.78 Å². The zero-order valence-electron chi connectivity index (χ0n) is 13.7. The Balaban J connectivity index is 1.69. The van der Waals surface area contributed by atoms with Crippen molar-refractivity contribution in [2.75, 3.05) is 6.61 Å². The molecule has 25 heavy (non-hydrogen) atoms. The first-order valence-electron chi connectivity index (χ1n) is 7.98. The average molecular weight is 330 g/mol. The van der Waals surface area contributed by atoms with Gasteiger partial charge in [0.1, 0.15) is 23.9 Å². The molecule has 3 heteroatoms. The Morgan fingerprint density at radius 1 is 0.760 bits per heavy atom. The fourth-order valence-corrected chi connectivity index (χ4v) is 2.32. The summed E-state index contributed by atoms with van der Waals surface area (Å²) in [6.07, 6.45) is 1.68. The molecule has 0 saturated heterocycles. The van der Waals surface area contributed by atoms with Crippen molar-refractivity contribution in [2.24, 2.45) is 0 Å². The molecule has 0 atom stereocenters. The Morgan fingerprint density at radius 2 is 1.28 bits per heavy atom. The Hall–Kier alpha value is -3.33. The first-order chi connectivity index (χ1) is 12.3. The van der Waals surface area contributed by atoms with Gasteiger partial charge in [-0.3, -0.25) is 4.79 Å². The lowest BCUT2D eigenvalue weighted by Gasteiger charge is -2.07. The second-order valence-electron chi connectivity index (χ2n) is 5.39. The van der Waals surface area contributed by atoms with Crippen molar-refractivity contribution < 1.29 is 14.3 Å². The van der Waals surface area contributed by atoms with Crippen LogP contribution in [0, 0.1) is 0 Å². The van der Waals surface area contributed by atoms with Gasteiger partial charge in [-0.15, -0.1) is 0 Å². The maximum atomic E-state index is 12.5. The van der Waals surface area contributed by atoms with Crippen LogP contribution in [-0.4, -0.2) is 12.4 Å². The number of carbonyl (C=O) groups is 1. The molecule has 0 spiro atoms. The number of ether oxygens (including phenoxy) is 2. The third-order valence-electron chi connectivity index (χ3n) is 3.58. The van der Waals surface area contributed by atoms with Gasteiger partial charge in [0.2, 0.25) is 0 Å². The number of benzene rings is 3. The molecular weight excluding hydrogens is 312 g/mol. The summed E-state index contributed by atoms with van der Waals surface area (Å²) >= 11 is 0. The molecule has 0 bridgehead atoms. The summed E-state index contributed by atoms with van der Waals surface area (Å²) in [6.45, 7) is 4.05. The van der Waals surface area contributed by atoms with E-state index in [1.165, 1.54) is 0 Å². The summed E-state index contributed by atoms with van der Waals surface area (Å²) in [5.41, 5.74) is 1.22. The number of carbonyl (C=O) groups excluding carboxylic acids is 1. The highest BCUT2D eigenvalue weighted by Gasteiger charge is 2.09. The van der Waals surface area contributed by atoms with Crippen molar-refractivity contribution in [3.05, 3.63) is 103 Å². The molecule has 0 aliphatic carbocycles. The molecule has 124 valence electrons. The van der Waals surface area contributed by atoms with Crippen LogP contribution < -0.4 is 9.47 Å². The molecule has 3 nitrogen and oxygen atoms in total. The van der Waals surface area contributed by atoms with Crippen LogP contribution in [0.5, 0.6) is 17.2 Å². The molecule has 0 aromatic heterocycles. The highest BCUT2D eigenvalue weighted by atomic mass is 16.5. The van der Waals surface area contributed by atoms with E-state index >= 15 is 0 Å². The standard InChI is InChI=1S/C22H18O3/c1-2-16-24-19-12-8-17(9-13-19)22(23)18-10-14-21(15-11-18)25-20-6-4-3-5-7-20/h2-15H,1,16H2. The lowest BCUT2D eigenvalue weighted by atomic mass is 10.0. The van der Waals surface area contributed by atoms with E-state index in [4.69, 9.17) is 9.47 Å². The first kappa shape index (κ1) is 16.5. The van der Waals surface area contributed by atoms with Gasteiger partial charge in [0.15, 0.2) is 5.78 Å². The third-order valence-corrected chi connectivity index (χ3v) is 3.58. The van der Waals surface area contributed by atoms with Crippen molar-refractivity contribution in [3.8, 4) is 17.2 Å². The second kappa shape index (κ2) is 7.97. The number of ketones is 1. The lowest BCUT2D eigenvalue weighted by molar-refractivity contribution is 0.103. The van der Waals surface area contributed by atoms with Gasteiger partial charge in [-0.2, -0.15) is 0 Å². The van der Waals surface area contributed by atoms with Gasteiger partial charge in [-0.1, -0.05) is 30.9 Å². The Kier molecular flexibility index (Phi) is 5.27. The summed E-state index contributed by atoms with van der Waals surface area (Å²) in [4.78, 5) is 12.5. The molecule has 0 unspecified atom stereocenters. The maximum Gasteiger partial charge on any atom is 0.193 e. The molecular formula is C22H18O3. The van der Waals surface area contributed by atoms with E-state index < -0.39 is 0 Å². The molecule has 0 heterocycles. The first-order valence-corrected chi connectivity index (χ1v) is 7.98. The van der Waals surface area contributed by atoms with E-state index in [2.05, 4.69) is 6.58 Å². The van der Waals surface area contributed by atoms with Crippen LogP contribution in [0.25, 0.3) is 0 Å². The summed E-state index contributed by atoms with van der Waals surface area (Å²) in [6, 6.07) is 23.7. The van der Waals surface area contributed by atoms with E-state index in [0.29, 0.717) is 29.2 Å². The number of hydrogen-bond donors (Lipinski definition) is 0. The molecule has 0 aliphatic rings. The molecule has 0 N–H and O–H groups in total. The van der Waals surface area contributed by atoms with Crippen LogP contribution in [0.2, 0.25) is 0 Å². The smallest absolute Gasteiger partial charge is 0.193 e. The largest absolute Gasteiger partial charge is 0.490 e. The third kappa shape index (κ3) is 4.36. The molecule has 0 aliphatic heterocycles. The predicted octanol–water partition coefficient (Wildman–Crippen LogP) is 5.27. The van der Waals surface area contributed by atoms with E-state index in [1.807, 2.05) is 30.3 Å². The van der Waals surface area contributed by atoms with Gasteiger partial charge >= 0.3 is 0 Å². The molecule has 3 aromatic carbocycles. The summed E-state index contributed by atoms with van der Waals surface area (Å²) < 4.78 is 11.2. The van der Waals surface area contributed by atoms with Crippen molar-refractivity contribution >= 4 is 5.78 Å². The van der Waals surface area contributed by atoms with Gasteiger partial charge in [0.25, 0.3) is 0 Å². The number of rotatable bonds is 7. The van der Waals surface area contributed by atoms with Crippen LogP contribution >= 0.6 is 0 Å². The fourth-order valence-electron chi connectivity index (χ4n) is 2.32. The van der Waals surface area contributed by atoms with Crippen LogP contribution in [0.4, 0.5) is 0 Å². The minimum Gasteiger partial charge on any atom is -0.490 e. The van der Waals surface area contributed by atoms with Crippen molar-refractivity contribution in [3.63, 3.8) is 0 Å². The van der Waals surface area contributed by atoms with E-state index in [0.717, 1.165) is 5.75 Å². The molecule has 3 aromatic rings. The molecule has 0 fully saturated rings. The topological polar surface area (TPSA) is 35.5 Å². The quantitative estimate of drug-likeness (QED) is 0.437. The fraction of sp³-hybridized carbons (Fsp3) is 0.0455. The molecule has 0 amide bonds.